The first kappa shape index (κ1) is 18.1. The molecule has 0 aliphatic carbocycles. The Morgan fingerprint density at radius 1 is 1.14 bits per heavy atom. The van der Waals surface area contributed by atoms with Crippen molar-refractivity contribution in [1.29, 1.82) is 0 Å². The number of halogens is 1. The molecule has 0 spiro atoms. The monoisotopic (exact) mass is 393 g/mol. The van der Waals surface area contributed by atoms with E-state index in [1.54, 1.807) is 31.2 Å². The maximum atomic E-state index is 13.2. The lowest BCUT2D eigenvalue weighted by molar-refractivity contribution is -0.118. The number of carbonyl (C=O) groups is 1. The molecule has 1 amide bonds. The van der Waals surface area contributed by atoms with Crippen LogP contribution < -0.4 is 10.9 Å². The average Bonchev–Trinajstić information content (AvgIpc) is 3.14. The summed E-state index contributed by atoms with van der Waals surface area (Å²) in [7, 11) is 0. The molecule has 2 aromatic carbocycles. The maximum Gasteiger partial charge on any atom is 0.263 e. The number of para-hydroxylation sites is 1. The van der Waals surface area contributed by atoms with E-state index in [1.807, 2.05) is 23.6 Å². The predicted octanol–water partition coefficient (Wildman–Crippen LogP) is 4.46. The SMILES string of the molecule is C[C@@H](C(=O)Nc1ccccc1)n1cnc2scc(-c3ccc(F)cc3)c2c1=O. The van der Waals surface area contributed by atoms with E-state index in [-0.39, 0.29) is 17.3 Å². The predicted molar refractivity (Wildman–Crippen MR) is 109 cm³/mol. The molecule has 4 aromatic rings. The fourth-order valence-corrected chi connectivity index (χ4v) is 3.86. The summed E-state index contributed by atoms with van der Waals surface area (Å²) in [5, 5.41) is 5.05. The van der Waals surface area contributed by atoms with Crippen LogP contribution in [0.2, 0.25) is 0 Å². The van der Waals surface area contributed by atoms with Crippen LogP contribution in [0.5, 0.6) is 0 Å². The van der Waals surface area contributed by atoms with Gasteiger partial charge in [-0.1, -0.05) is 30.3 Å². The molecule has 0 unspecified atom stereocenters. The van der Waals surface area contributed by atoms with Crippen LogP contribution >= 0.6 is 11.3 Å². The smallest absolute Gasteiger partial charge is 0.263 e. The summed E-state index contributed by atoms with van der Waals surface area (Å²) < 4.78 is 14.6. The van der Waals surface area contributed by atoms with Crippen LogP contribution in [0.3, 0.4) is 0 Å². The molecule has 2 heterocycles. The Hall–Kier alpha value is -3.32. The molecule has 0 bridgehead atoms. The van der Waals surface area contributed by atoms with E-state index in [0.29, 0.717) is 21.5 Å². The number of aromatic nitrogens is 2. The maximum absolute atomic E-state index is 13.2. The second-order valence-electron chi connectivity index (χ2n) is 6.32. The van der Waals surface area contributed by atoms with Gasteiger partial charge in [-0.15, -0.1) is 11.3 Å². The summed E-state index contributed by atoms with van der Waals surface area (Å²) in [4.78, 5) is 30.6. The van der Waals surface area contributed by atoms with Gasteiger partial charge in [-0.3, -0.25) is 14.2 Å². The highest BCUT2D eigenvalue weighted by atomic mass is 32.1. The van der Waals surface area contributed by atoms with E-state index < -0.39 is 6.04 Å². The second-order valence-corrected chi connectivity index (χ2v) is 7.18. The number of nitrogens with zero attached hydrogens (tertiary/aromatic N) is 2. The van der Waals surface area contributed by atoms with Gasteiger partial charge in [0, 0.05) is 16.6 Å². The fourth-order valence-electron chi connectivity index (χ4n) is 2.96. The molecule has 0 saturated heterocycles. The van der Waals surface area contributed by atoms with E-state index in [0.717, 1.165) is 5.56 Å². The number of rotatable bonds is 4. The molecule has 140 valence electrons. The van der Waals surface area contributed by atoms with Gasteiger partial charge in [0.1, 0.15) is 16.7 Å². The van der Waals surface area contributed by atoms with E-state index in [4.69, 9.17) is 0 Å². The van der Waals surface area contributed by atoms with Gasteiger partial charge in [0.2, 0.25) is 5.91 Å². The van der Waals surface area contributed by atoms with Crippen molar-refractivity contribution >= 4 is 33.1 Å². The van der Waals surface area contributed by atoms with Crippen molar-refractivity contribution < 1.29 is 9.18 Å². The largest absolute Gasteiger partial charge is 0.324 e. The molecule has 1 N–H and O–H groups in total. The highest BCUT2D eigenvalue weighted by Crippen LogP contribution is 2.31. The molecule has 0 saturated carbocycles. The van der Waals surface area contributed by atoms with Crippen LogP contribution in [0.25, 0.3) is 21.3 Å². The zero-order valence-corrected chi connectivity index (χ0v) is 15.7. The number of thiophene rings is 1. The van der Waals surface area contributed by atoms with Gasteiger partial charge >= 0.3 is 0 Å². The number of hydrogen-bond donors (Lipinski definition) is 1. The number of fused-ring (bicyclic) bond motifs is 1. The standard InChI is InChI=1S/C21H16FN3O2S/c1-13(19(26)24-16-5-3-2-4-6-16)25-12-23-20-18(21(25)27)17(11-28-20)14-7-9-15(22)10-8-14/h2-13H,1H3,(H,24,26)/t13-/m0/s1. The van der Waals surface area contributed by atoms with E-state index >= 15 is 0 Å². The molecular formula is C21H16FN3O2S. The van der Waals surface area contributed by atoms with Crippen LogP contribution in [0.4, 0.5) is 10.1 Å². The number of amides is 1. The Labute approximate surface area is 164 Å². The third kappa shape index (κ3) is 3.32. The number of nitrogens with one attached hydrogen (secondary N) is 1. The highest BCUT2D eigenvalue weighted by Gasteiger charge is 2.20. The fraction of sp³-hybridized carbons (Fsp3) is 0.0952. The quantitative estimate of drug-likeness (QED) is 0.557. The molecule has 0 aliphatic heterocycles. The number of hydrogen-bond acceptors (Lipinski definition) is 4. The van der Waals surface area contributed by atoms with Crippen LogP contribution in [0, 0.1) is 5.82 Å². The Bertz CT molecular complexity index is 1200. The Morgan fingerprint density at radius 3 is 2.57 bits per heavy atom. The van der Waals surface area contributed by atoms with E-state index in [9.17, 15) is 14.0 Å². The van der Waals surface area contributed by atoms with Crippen molar-refractivity contribution in [3.63, 3.8) is 0 Å². The average molecular weight is 393 g/mol. The molecule has 4 rings (SSSR count). The summed E-state index contributed by atoms with van der Waals surface area (Å²) >= 11 is 1.34. The third-order valence-electron chi connectivity index (χ3n) is 4.51. The van der Waals surface area contributed by atoms with E-state index in [1.165, 1.54) is 34.4 Å². The lowest BCUT2D eigenvalue weighted by Gasteiger charge is -2.15. The molecular weight excluding hydrogens is 377 g/mol. The summed E-state index contributed by atoms with van der Waals surface area (Å²) in [6.45, 7) is 1.65. The summed E-state index contributed by atoms with van der Waals surface area (Å²) in [5.74, 6) is -0.655. The third-order valence-corrected chi connectivity index (χ3v) is 5.40. The minimum Gasteiger partial charge on any atom is -0.324 e. The van der Waals surface area contributed by atoms with Crippen LogP contribution in [0.15, 0.2) is 71.1 Å². The molecule has 5 nitrogen and oxygen atoms in total. The zero-order valence-electron chi connectivity index (χ0n) is 14.9. The van der Waals surface area contributed by atoms with Gasteiger partial charge in [-0.25, -0.2) is 9.37 Å². The van der Waals surface area contributed by atoms with Gasteiger partial charge in [0.05, 0.1) is 11.7 Å². The van der Waals surface area contributed by atoms with Gasteiger partial charge in [0.25, 0.3) is 5.56 Å². The minimum atomic E-state index is -0.745. The molecule has 2 aromatic heterocycles. The summed E-state index contributed by atoms with van der Waals surface area (Å²) in [6.07, 6.45) is 1.39. The van der Waals surface area contributed by atoms with Gasteiger partial charge in [0.15, 0.2) is 0 Å². The number of carbonyl (C=O) groups excluding carboxylic acids is 1. The normalized spacial score (nSPS) is 12.1. The van der Waals surface area contributed by atoms with Gasteiger partial charge < -0.3 is 5.32 Å². The van der Waals surface area contributed by atoms with Crippen molar-refractivity contribution in [3.05, 3.63) is 82.5 Å². The zero-order chi connectivity index (χ0) is 19.7. The molecule has 0 radical (unpaired) electrons. The van der Waals surface area contributed by atoms with Crippen LogP contribution in [-0.4, -0.2) is 15.5 Å². The lowest BCUT2D eigenvalue weighted by Crippen LogP contribution is -2.31. The minimum absolute atomic E-state index is 0.304. The van der Waals surface area contributed by atoms with Crippen LogP contribution in [0.1, 0.15) is 13.0 Å². The first-order valence-electron chi connectivity index (χ1n) is 8.65. The van der Waals surface area contributed by atoms with E-state index in [2.05, 4.69) is 10.3 Å². The van der Waals surface area contributed by atoms with Crippen molar-refractivity contribution in [2.45, 2.75) is 13.0 Å². The molecule has 28 heavy (non-hydrogen) atoms. The molecule has 0 aliphatic rings. The Morgan fingerprint density at radius 2 is 1.86 bits per heavy atom. The number of anilines is 1. The Balaban J connectivity index is 1.73. The van der Waals surface area contributed by atoms with Crippen molar-refractivity contribution in [1.82, 2.24) is 9.55 Å². The second kappa shape index (κ2) is 7.36. The number of benzene rings is 2. The first-order valence-corrected chi connectivity index (χ1v) is 9.53. The summed E-state index contributed by atoms with van der Waals surface area (Å²) in [6, 6.07) is 14.3. The molecule has 0 fully saturated rings. The van der Waals surface area contributed by atoms with Gasteiger partial charge in [-0.05, 0) is 36.8 Å². The molecule has 7 heteroatoms. The Kier molecular flexibility index (Phi) is 4.75. The summed E-state index contributed by atoms with van der Waals surface area (Å²) in [5.41, 5.74) is 1.76. The molecule has 1 atom stereocenters. The highest BCUT2D eigenvalue weighted by molar-refractivity contribution is 7.17. The van der Waals surface area contributed by atoms with Crippen molar-refractivity contribution in [2.24, 2.45) is 0 Å². The lowest BCUT2D eigenvalue weighted by atomic mass is 10.1. The van der Waals surface area contributed by atoms with Crippen molar-refractivity contribution in [3.8, 4) is 11.1 Å². The van der Waals surface area contributed by atoms with Crippen LogP contribution in [-0.2, 0) is 4.79 Å². The van der Waals surface area contributed by atoms with Crippen molar-refractivity contribution in [2.75, 3.05) is 5.32 Å². The first-order chi connectivity index (χ1) is 13.5. The topological polar surface area (TPSA) is 64.0 Å². The van der Waals surface area contributed by atoms with Gasteiger partial charge in [-0.2, -0.15) is 0 Å².